The molecule has 0 radical (unpaired) electrons. The van der Waals surface area contributed by atoms with E-state index >= 15 is 0 Å². The maximum absolute atomic E-state index is 12.2. The molecule has 3 fully saturated rings. The number of hydrogen-bond donors (Lipinski definition) is 0. The summed E-state index contributed by atoms with van der Waals surface area (Å²) in [6, 6.07) is 0. The van der Waals surface area contributed by atoms with Crippen molar-refractivity contribution in [3.63, 3.8) is 0 Å². The number of fused-ring (bicyclic) bond motifs is 5. The summed E-state index contributed by atoms with van der Waals surface area (Å²) >= 11 is 1.44. The predicted octanol–water partition coefficient (Wildman–Crippen LogP) is 4.92. The van der Waals surface area contributed by atoms with Gasteiger partial charge in [-0.2, -0.15) is 0 Å². The fraction of sp³-hybridized carbons (Fsp3) is 0.708. The Bertz CT molecular complexity index is 885. The maximum Gasteiger partial charge on any atom is 0.306 e. The molecule has 5 aliphatic rings. The minimum absolute atomic E-state index is 0.0214. The summed E-state index contributed by atoms with van der Waals surface area (Å²) in [6.45, 7) is 6.30. The minimum Gasteiger partial charge on any atom is -0.458 e. The number of carbonyl (C=O) groups excluding carboxylic acids is 3. The van der Waals surface area contributed by atoms with Crippen LogP contribution in [0.15, 0.2) is 22.8 Å². The van der Waals surface area contributed by atoms with Crippen LogP contribution in [0.1, 0.15) is 78.6 Å². The van der Waals surface area contributed by atoms with Crippen molar-refractivity contribution in [1.82, 2.24) is 0 Å². The molecule has 5 rings (SSSR count). The lowest BCUT2D eigenvalue weighted by atomic mass is 9.51. The Morgan fingerprint density at radius 2 is 1.86 bits per heavy atom. The van der Waals surface area contributed by atoms with Crippen molar-refractivity contribution in [1.29, 1.82) is 0 Å². The first-order chi connectivity index (χ1) is 13.7. The Hall–Kier alpha value is -1.36. The van der Waals surface area contributed by atoms with Crippen molar-refractivity contribution >= 4 is 28.6 Å². The molecule has 0 N–H and O–H groups in total. The van der Waals surface area contributed by atoms with Crippen molar-refractivity contribution in [2.75, 3.05) is 0 Å². The number of carbonyl (C=O) groups is 3. The molecule has 0 bridgehead atoms. The average Bonchev–Trinajstić information content (AvgIpc) is 3.17. The van der Waals surface area contributed by atoms with Gasteiger partial charge >= 0.3 is 5.97 Å². The number of rotatable bonds is 1. The lowest BCUT2D eigenvalue weighted by Crippen LogP contribution is -2.50. The van der Waals surface area contributed by atoms with Crippen molar-refractivity contribution < 1.29 is 19.1 Å². The van der Waals surface area contributed by atoms with E-state index in [1.165, 1.54) is 28.5 Å². The summed E-state index contributed by atoms with van der Waals surface area (Å²) in [4.78, 5) is 36.4. The van der Waals surface area contributed by atoms with E-state index < -0.39 is 0 Å². The summed E-state index contributed by atoms with van der Waals surface area (Å²) < 4.78 is 6.02. The first-order valence-corrected chi connectivity index (χ1v) is 11.9. The zero-order valence-corrected chi connectivity index (χ0v) is 18.5. The first-order valence-electron chi connectivity index (χ1n) is 11.0. The highest BCUT2D eigenvalue weighted by Crippen LogP contribution is 2.68. The van der Waals surface area contributed by atoms with Crippen LogP contribution in [0.2, 0.25) is 0 Å². The van der Waals surface area contributed by atoms with Gasteiger partial charge in [-0.3, -0.25) is 14.4 Å². The molecule has 5 heteroatoms. The first kappa shape index (κ1) is 19.6. The second-order valence-corrected chi connectivity index (χ2v) is 11.6. The van der Waals surface area contributed by atoms with Gasteiger partial charge in [-0.1, -0.05) is 42.3 Å². The van der Waals surface area contributed by atoms with Gasteiger partial charge in [0.1, 0.15) is 5.60 Å². The van der Waals surface area contributed by atoms with Gasteiger partial charge in [-0.25, -0.2) is 0 Å². The molecular formula is C24H30O4S. The second-order valence-electron chi connectivity index (χ2n) is 10.2. The zero-order chi connectivity index (χ0) is 20.6. The molecule has 0 aromatic carbocycles. The highest BCUT2D eigenvalue weighted by molar-refractivity contribution is 8.14. The Morgan fingerprint density at radius 1 is 1.10 bits per heavy atom. The smallest absolute Gasteiger partial charge is 0.306 e. The van der Waals surface area contributed by atoms with Crippen molar-refractivity contribution in [2.24, 2.45) is 16.7 Å². The predicted molar refractivity (Wildman–Crippen MR) is 112 cm³/mol. The van der Waals surface area contributed by atoms with E-state index in [0.717, 1.165) is 44.9 Å². The highest BCUT2D eigenvalue weighted by atomic mass is 32.2. The summed E-state index contributed by atoms with van der Waals surface area (Å²) in [6.07, 6.45) is 9.53. The average molecular weight is 415 g/mol. The molecule has 0 aromatic heterocycles. The molecule has 4 aliphatic carbocycles. The Balaban J connectivity index is 1.65. The van der Waals surface area contributed by atoms with Crippen LogP contribution in [-0.4, -0.2) is 27.7 Å². The molecule has 1 heterocycles. The number of ether oxygens (including phenoxy) is 1. The molecule has 156 valence electrons. The fourth-order valence-corrected chi connectivity index (χ4v) is 8.44. The molecule has 4 nitrogen and oxygen atoms in total. The lowest BCUT2D eigenvalue weighted by molar-refractivity contribution is -0.156. The summed E-state index contributed by atoms with van der Waals surface area (Å²) in [7, 11) is 0. The maximum atomic E-state index is 12.2. The van der Waals surface area contributed by atoms with E-state index in [1.807, 2.05) is 6.08 Å². The van der Waals surface area contributed by atoms with E-state index in [9.17, 15) is 14.4 Å². The molecule has 0 unspecified atom stereocenters. The fourth-order valence-electron chi connectivity index (χ4n) is 7.34. The Morgan fingerprint density at radius 3 is 2.55 bits per heavy atom. The molecule has 0 aromatic rings. The van der Waals surface area contributed by atoms with Crippen LogP contribution >= 0.6 is 11.8 Å². The third-order valence-corrected chi connectivity index (χ3v) is 9.98. The van der Waals surface area contributed by atoms with Gasteiger partial charge in [-0.15, -0.1) is 0 Å². The van der Waals surface area contributed by atoms with Gasteiger partial charge in [0, 0.05) is 30.4 Å². The molecule has 1 aliphatic heterocycles. The van der Waals surface area contributed by atoms with E-state index in [0.29, 0.717) is 18.8 Å². The summed E-state index contributed by atoms with van der Waals surface area (Å²) in [5.41, 5.74) is 3.76. The van der Waals surface area contributed by atoms with Crippen LogP contribution in [0.25, 0.3) is 0 Å². The largest absolute Gasteiger partial charge is 0.458 e. The number of ketones is 1. The Labute approximate surface area is 176 Å². The van der Waals surface area contributed by atoms with Crippen LogP contribution in [-0.2, 0) is 19.1 Å². The molecular weight excluding hydrogens is 384 g/mol. The van der Waals surface area contributed by atoms with Crippen LogP contribution < -0.4 is 0 Å². The van der Waals surface area contributed by atoms with Crippen LogP contribution in [0.5, 0.6) is 0 Å². The van der Waals surface area contributed by atoms with Crippen molar-refractivity contribution in [2.45, 2.75) is 89.4 Å². The van der Waals surface area contributed by atoms with Crippen LogP contribution in [0.4, 0.5) is 0 Å². The van der Waals surface area contributed by atoms with E-state index in [-0.39, 0.29) is 38.5 Å². The van der Waals surface area contributed by atoms with E-state index in [4.69, 9.17) is 4.74 Å². The van der Waals surface area contributed by atoms with Gasteiger partial charge < -0.3 is 4.74 Å². The number of hydrogen-bond acceptors (Lipinski definition) is 5. The van der Waals surface area contributed by atoms with Gasteiger partial charge in [0.2, 0.25) is 0 Å². The topological polar surface area (TPSA) is 60.4 Å². The molecule has 2 saturated carbocycles. The van der Waals surface area contributed by atoms with E-state index in [2.05, 4.69) is 13.8 Å². The Kier molecular flexibility index (Phi) is 4.27. The quantitative estimate of drug-likeness (QED) is 0.450. The molecule has 5 atom stereocenters. The van der Waals surface area contributed by atoms with Crippen LogP contribution in [0, 0.1) is 16.7 Å². The van der Waals surface area contributed by atoms with Gasteiger partial charge in [0.15, 0.2) is 10.9 Å². The normalized spacial score (nSPS) is 43.6. The number of esters is 1. The summed E-state index contributed by atoms with van der Waals surface area (Å²) in [5, 5.41) is 0.255. The van der Waals surface area contributed by atoms with Gasteiger partial charge in [-0.05, 0) is 62.4 Å². The molecule has 1 saturated heterocycles. The van der Waals surface area contributed by atoms with Crippen molar-refractivity contribution in [3.05, 3.63) is 22.8 Å². The third kappa shape index (κ3) is 2.62. The minimum atomic E-state index is -0.345. The lowest BCUT2D eigenvalue weighted by Gasteiger charge is -2.55. The van der Waals surface area contributed by atoms with E-state index in [1.54, 1.807) is 6.92 Å². The zero-order valence-electron chi connectivity index (χ0n) is 17.6. The number of thioether (sulfide) groups is 1. The van der Waals surface area contributed by atoms with Gasteiger partial charge in [0.05, 0.1) is 0 Å². The third-order valence-electron chi connectivity index (χ3n) is 8.94. The second kappa shape index (κ2) is 6.32. The SMILES string of the molecule is CC(=O)S[C@@H]1CC2=CC(=O)CC[C@]2(C)[C@H]2CC[C@@]3(C)C(=C12)CC[C@@]31CCC(=O)O1. The van der Waals surface area contributed by atoms with Crippen molar-refractivity contribution in [3.8, 4) is 0 Å². The molecule has 0 amide bonds. The standard InChI is InChI=1S/C24H30O4S/c1-14(25)29-19-13-15-12-16(26)4-8-22(15,2)17-5-9-23(3)18(21(17)19)6-10-24(23)11-7-20(27)28-24/h12,17,19H,4-11,13H2,1-3H3/t17-,19+,22-,23-,24+/m0/s1. The van der Waals surface area contributed by atoms with Gasteiger partial charge in [0.25, 0.3) is 0 Å². The molecule has 29 heavy (non-hydrogen) atoms. The number of allylic oxidation sites excluding steroid dienone is 2. The molecule has 1 spiro atoms. The monoisotopic (exact) mass is 414 g/mol. The summed E-state index contributed by atoms with van der Waals surface area (Å²) in [5.74, 6) is 0.571. The highest BCUT2D eigenvalue weighted by Gasteiger charge is 2.64. The van der Waals surface area contributed by atoms with Crippen LogP contribution in [0.3, 0.4) is 0 Å².